The number of hydrogen-bond donors (Lipinski definition) is 1. The van der Waals surface area contributed by atoms with Gasteiger partial charge in [-0.25, -0.2) is 4.39 Å². The number of piperidine rings is 1. The molecule has 1 aromatic carbocycles. The smallest absolute Gasteiger partial charge is 0.123 e. The summed E-state index contributed by atoms with van der Waals surface area (Å²) in [5.74, 6) is 0.295. The van der Waals surface area contributed by atoms with E-state index in [9.17, 15) is 4.39 Å². The molecule has 2 atom stereocenters. The molecule has 2 aliphatic heterocycles. The molecule has 2 heterocycles. The Balaban J connectivity index is 1.89. The number of benzene rings is 1. The molecule has 1 aromatic rings. The number of rotatable bonds is 1. The predicted molar refractivity (Wildman–Crippen MR) is 69.1 cm³/mol. The predicted octanol–water partition coefficient (Wildman–Crippen LogP) is 2.70. The fourth-order valence-corrected chi connectivity index (χ4v) is 3.49. The third-order valence-corrected chi connectivity index (χ3v) is 4.51. The van der Waals surface area contributed by atoms with Gasteiger partial charge in [0, 0.05) is 24.5 Å². The Kier molecular flexibility index (Phi) is 3.35. The summed E-state index contributed by atoms with van der Waals surface area (Å²) in [6, 6.07) is 7.01. The van der Waals surface area contributed by atoms with Gasteiger partial charge in [-0.3, -0.25) is 0 Å². The molecule has 2 nitrogen and oxygen atoms in total. The van der Waals surface area contributed by atoms with Crippen molar-refractivity contribution < 1.29 is 9.13 Å². The minimum absolute atomic E-state index is 0.156. The molecule has 0 radical (unpaired) electrons. The molecule has 0 amide bonds. The first-order valence-electron chi connectivity index (χ1n) is 6.84. The monoisotopic (exact) mass is 249 g/mol. The molecule has 2 saturated heterocycles. The van der Waals surface area contributed by atoms with Crippen LogP contribution in [0.15, 0.2) is 24.3 Å². The van der Waals surface area contributed by atoms with Gasteiger partial charge in [0.25, 0.3) is 0 Å². The molecule has 2 unspecified atom stereocenters. The van der Waals surface area contributed by atoms with Crippen LogP contribution in [0, 0.1) is 11.2 Å². The summed E-state index contributed by atoms with van der Waals surface area (Å²) in [6.07, 6.45) is 3.55. The molecule has 2 aliphatic rings. The molecule has 18 heavy (non-hydrogen) atoms. The molecule has 0 bridgehead atoms. The van der Waals surface area contributed by atoms with E-state index in [1.54, 1.807) is 12.1 Å². The van der Waals surface area contributed by atoms with E-state index in [1.165, 1.54) is 12.0 Å². The molecule has 2 fully saturated rings. The van der Waals surface area contributed by atoms with Crippen molar-refractivity contribution in [3.05, 3.63) is 35.6 Å². The Morgan fingerprint density at radius 1 is 1.22 bits per heavy atom. The Hall–Kier alpha value is -0.930. The van der Waals surface area contributed by atoms with Gasteiger partial charge in [0.05, 0.1) is 6.61 Å². The highest BCUT2D eigenvalue weighted by molar-refractivity contribution is 5.24. The first-order valence-corrected chi connectivity index (χ1v) is 6.84. The highest BCUT2D eigenvalue weighted by Gasteiger charge is 2.42. The van der Waals surface area contributed by atoms with Gasteiger partial charge >= 0.3 is 0 Å². The second kappa shape index (κ2) is 4.98. The summed E-state index contributed by atoms with van der Waals surface area (Å²) < 4.78 is 18.8. The zero-order valence-electron chi connectivity index (χ0n) is 10.6. The van der Waals surface area contributed by atoms with Crippen molar-refractivity contribution in [3.8, 4) is 0 Å². The van der Waals surface area contributed by atoms with E-state index in [4.69, 9.17) is 4.74 Å². The van der Waals surface area contributed by atoms with E-state index in [1.807, 2.05) is 12.1 Å². The van der Waals surface area contributed by atoms with Crippen LogP contribution >= 0.6 is 0 Å². The Morgan fingerprint density at radius 2 is 2.06 bits per heavy atom. The molecular formula is C15H20FNO. The Morgan fingerprint density at radius 3 is 2.78 bits per heavy atom. The summed E-state index contributed by atoms with van der Waals surface area (Å²) in [5.41, 5.74) is 1.51. The standard InChI is InChI=1S/C15H20FNO/c16-13-4-2-12(3-5-13)14-10-17-8-7-15(14)6-1-9-18-11-15/h2-5,14,17H,1,6-11H2. The minimum atomic E-state index is -0.156. The largest absolute Gasteiger partial charge is 0.381 e. The number of nitrogens with one attached hydrogen (secondary N) is 1. The van der Waals surface area contributed by atoms with Crippen LogP contribution in [0.3, 0.4) is 0 Å². The highest BCUT2D eigenvalue weighted by atomic mass is 19.1. The van der Waals surface area contributed by atoms with E-state index in [0.717, 1.165) is 39.1 Å². The molecule has 0 aromatic heterocycles. The van der Waals surface area contributed by atoms with E-state index in [0.29, 0.717) is 5.92 Å². The number of ether oxygens (including phenoxy) is 1. The number of halogens is 1. The summed E-state index contributed by atoms with van der Waals surface area (Å²) >= 11 is 0. The Bertz CT molecular complexity index is 389. The van der Waals surface area contributed by atoms with Crippen molar-refractivity contribution in [1.29, 1.82) is 0 Å². The van der Waals surface area contributed by atoms with E-state index in [2.05, 4.69) is 5.32 Å². The van der Waals surface area contributed by atoms with Crippen molar-refractivity contribution in [2.24, 2.45) is 5.41 Å². The van der Waals surface area contributed by atoms with Crippen molar-refractivity contribution in [2.75, 3.05) is 26.3 Å². The van der Waals surface area contributed by atoms with Crippen LogP contribution in [0.4, 0.5) is 4.39 Å². The van der Waals surface area contributed by atoms with Crippen molar-refractivity contribution in [2.45, 2.75) is 25.2 Å². The van der Waals surface area contributed by atoms with Crippen LogP contribution in [-0.2, 0) is 4.74 Å². The first-order chi connectivity index (χ1) is 8.80. The van der Waals surface area contributed by atoms with Crippen molar-refractivity contribution >= 4 is 0 Å². The highest BCUT2D eigenvalue weighted by Crippen LogP contribution is 2.46. The minimum Gasteiger partial charge on any atom is -0.381 e. The van der Waals surface area contributed by atoms with Gasteiger partial charge in [-0.2, -0.15) is 0 Å². The third-order valence-electron chi connectivity index (χ3n) is 4.51. The van der Waals surface area contributed by atoms with Gasteiger partial charge in [-0.1, -0.05) is 12.1 Å². The lowest BCUT2D eigenvalue weighted by atomic mass is 9.65. The molecule has 3 heteroatoms. The number of hydrogen-bond acceptors (Lipinski definition) is 2. The lowest BCUT2D eigenvalue weighted by Crippen LogP contribution is -2.48. The molecule has 0 aliphatic carbocycles. The molecule has 1 N–H and O–H groups in total. The van der Waals surface area contributed by atoms with Gasteiger partial charge in [-0.05, 0) is 43.5 Å². The van der Waals surface area contributed by atoms with Crippen LogP contribution in [-0.4, -0.2) is 26.3 Å². The van der Waals surface area contributed by atoms with E-state index < -0.39 is 0 Å². The lowest BCUT2D eigenvalue weighted by Gasteiger charge is -2.47. The SMILES string of the molecule is Fc1ccc(C2CNCCC23CCCOC3)cc1. The molecular weight excluding hydrogens is 229 g/mol. The third kappa shape index (κ3) is 2.17. The lowest BCUT2D eigenvalue weighted by molar-refractivity contribution is -0.0369. The summed E-state index contributed by atoms with van der Waals surface area (Å²) in [4.78, 5) is 0. The fraction of sp³-hybridized carbons (Fsp3) is 0.600. The van der Waals surface area contributed by atoms with Crippen molar-refractivity contribution in [3.63, 3.8) is 0 Å². The van der Waals surface area contributed by atoms with E-state index >= 15 is 0 Å². The maximum Gasteiger partial charge on any atom is 0.123 e. The van der Waals surface area contributed by atoms with Crippen LogP contribution in [0.2, 0.25) is 0 Å². The van der Waals surface area contributed by atoms with Gasteiger partial charge in [0.15, 0.2) is 0 Å². The zero-order chi connectivity index (χ0) is 12.4. The van der Waals surface area contributed by atoms with Crippen LogP contribution in [0.5, 0.6) is 0 Å². The van der Waals surface area contributed by atoms with Crippen LogP contribution < -0.4 is 5.32 Å². The van der Waals surface area contributed by atoms with Gasteiger partial charge in [-0.15, -0.1) is 0 Å². The summed E-state index contributed by atoms with van der Waals surface area (Å²) in [5, 5.41) is 3.47. The van der Waals surface area contributed by atoms with E-state index in [-0.39, 0.29) is 11.2 Å². The normalized spacial score (nSPS) is 32.6. The average molecular weight is 249 g/mol. The van der Waals surface area contributed by atoms with Crippen LogP contribution in [0.25, 0.3) is 0 Å². The van der Waals surface area contributed by atoms with Gasteiger partial charge in [0.1, 0.15) is 5.82 Å². The van der Waals surface area contributed by atoms with Crippen LogP contribution in [0.1, 0.15) is 30.7 Å². The fourth-order valence-electron chi connectivity index (χ4n) is 3.49. The summed E-state index contributed by atoms with van der Waals surface area (Å²) in [6.45, 7) is 3.80. The molecule has 98 valence electrons. The molecule has 1 spiro atoms. The second-order valence-corrected chi connectivity index (χ2v) is 5.58. The topological polar surface area (TPSA) is 21.3 Å². The first kappa shape index (κ1) is 12.1. The van der Waals surface area contributed by atoms with Gasteiger partial charge < -0.3 is 10.1 Å². The average Bonchev–Trinajstić information content (AvgIpc) is 2.42. The Labute approximate surface area is 108 Å². The van der Waals surface area contributed by atoms with Gasteiger partial charge in [0.2, 0.25) is 0 Å². The maximum absolute atomic E-state index is 13.0. The second-order valence-electron chi connectivity index (χ2n) is 5.58. The maximum atomic E-state index is 13.0. The molecule has 3 rings (SSSR count). The summed E-state index contributed by atoms with van der Waals surface area (Å²) in [7, 11) is 0. The zero-order valence-corrected chi connectivity index (χ0v) is 10.6. The molecule has 0 saturated carbocycles. The van der Waals surface area contributed by atoms with Crippen molar-refractivity contribution in [1.82, 2.24) is 5.32 Å². The quantitative estimate of drug-likeness (QED) is 0.826.